The monoisotopic (exact) mass is 262 g/mol. The molecule has 1 amide bonds. The Hall–Kier alpha value is -1.55. The quantitative estimate of drug-likeness (QED) is 0.780. The standard InChI is InChI=1S/C15H22N2O2/c1-11-5-6-12(9-13(11)18)14(19)17-15(10-16)7-3-2-4-8-15/h5-6,9,18H,2-4,7-8,10,16H2,1H3,(H,17,19). The van der Waals surface area contributed by atoms with Gasteiger partial charge in [0.25, 0.3) is 5.91 Å². The summed E-state index contributed by atoms with van der Waals surface area (Å²) in [7, 11) is 0. The van der Waals surface area contributed by atoms with Gasteiger partial charge >= 0.3 is 0 Å². The number of hydrogen-bond donors (Lipinski definition) is 3. The van der Waals surface area contributed by atoms with Crippen LogP contribution in [0.25, 0.3) is 0 Å². The van der Waals surface area contributed by atoms with Crippen molar-refractivity contribution in [1.82, 2.24) is 5.32 Å². The molecule has 19 heavy (non-hydrogen) atoms. The topological polar surface area (TPSA) is 75.4 Å². The summed E-state index contributed by atoms with van der Waals surface area (Å²) in [6.07, 6.45) is 5.30. The first-order chi connectivity index (χ1) is 9.06. The smallest absolute Gasteiger partial charge is 0.251 e. The normalized spacial score (nSPS) is 18.0. The van der Waals surface area contributed by atoms with E-state index >= 15 is 0 Å². The highest BCUT2D eigenvalue weighted by Gasteiger charge is 2.32. The number of aryl methyl sites for hydroxylation is 1. The minimum Gasteiger partial charge on any atom is -0.508 e. The van der Waals surface area contributed by atoms with Crippen molar-refractivity contribution in [3.05, 3.63) is 29.3 Å². The van der Waals surface area contributed by atoms with E-state index in [1.165, 1.54) is 12.5 Å². The molecule has 1 aromatic carbocycles. The maximum absolute atomic E-state index is 12.3. The van der Waals surface area contributed by atoms with Crippen LogP contribution >= 0.6 is 0 Å². The third kappa shape index (κ3) is 3.07. The van der Waals surface area contributed by atoms with Gasteiger partial charge in [-0.3, -0.25) is 4.79 Å². The summed E-state index contributed by atoms with van der Waals surface area (Å²) in [5, 5.41) is 12.7. The number of hydrogen-bond acceptors (Lipinski definition) is 3. The second-order valence-electron chi connectivity index (χ2n) is 5.50. The third-order valence-electron chi connectivity index (χ3n) is 4.05. The average Bonchev–Trinajstić information content (AvgIpc) is 2.43. The maximum Gasteiger partial charge on any atom is 0.251 e. The summed E-state index contributed by atoms with van der Waals surface area (Å²) in [6, 6.07) is 5.00. The molecular formula is C15H22N2O2. The summed E-state index contributed by atoms with van der Waals surface area (Å²) >= 11 is 0. The molecule has 1 aromatic rings. The molecule has 0 bridgehead atoms. The highest BCUT2D eigenvalue weighted by atomic mass is 16.3. The minimum absolute atomic E-state index is 0.150. The fraction of sp³-hybridized carbons (Fsp3) is 0.533. The molecule has 4 N–H and O–H groups in total. The third-order valence-corrected chi connectivity index (χ3v) is 4.05. The minimum atomic E-state index is -0.268. The number of nitrogens with two attached hydrogens (primary N) is 1. The SMILES string of the molecule is Cc1ccc(C(=O)NC2(CN)CCCCC2)cc1O. The van der Waals surface area contributed by atoms with Crippen molar-refractivity contribution in [3.63, 3.8) is 0 Å². The van der Waals surface area contributed by atoms with Crippen LogP contribution < -0.4 is 11.1 Å². The van der Waals surface area contributed by atoms with Crippen molar-refractivity contribution < 1.29 is 9.90 Å². The van der Waals surface area contributed by atoms with Gasteiger partial charge in [0, 0.05) is 12.1 Å². The van der Waals surface area contributed by atoms with Crippen molar-refractivity contribution in [2.24, 2.45) is 5.73 Å². The Morgan fingerprint density at radius 1 is 1.37 bits per heavy atom. The average molecular weight is 262 g/mol. The summed E-state index contributed by atoms with van der Waals surface area (Å²) < 4.78 is 0. The highest BCUT2D eigenvalue weighted by molar-refractivity contribution is 5.95. The lowest BCUT2D eigenvalue weighted by Gasteiger charge is -2.37. The zero-order chi connectivity index (χ0) is 13.9. The van der Waals surface area contributed by atoms with Gasteiger partial charge in [-0.15, -0.1) is 0 Å². The molecule has 0 saturated heterocycles. The molecule has 104 valence electrons. The van der Waals surface area contributed by atoms with Crippen LogP contribution in [-0.4, -0.2) is 23.1 Å². The van der Waals surface area contributed by atoms with Gasteiger partial charge in [-0.2, -0.15) is 0 Å². The molecule has 1 aliphatic carbocycles. The lowest BCUT2D eigenvalue weighted by Crippen LogP contribution is -2.54. The number of carbonyl (C=O) groups excluding carboxylic acids is 1. The fourth-order valence-electron chi connectivity index (χ4n) is 2.67. The molecule has 1 fully saturated rings. The lowest BCUT2D eigenvalue weighted by atomic mass is 9.81. The van der Waals surface area contributed by atoms with E-state index in [0.29, 0.717) is 12.1 Å². The van der Waals surface area contributed by atoms with Gasteiger partial charge in [-0.1, -0.05) is 25.3 Å². The number of rotatable bonds is 3. The Balaban J connectivity index is 2.12. The van der Waals surface area contributed by atoms with Crippen molar-refractivity contribution in [1.29, 1.82) is 0 Å². The van der Waals surface area contributed by atoms with Crippen LogP contribution in [0.2, 0.25) is 0 Å². The molecule has 0 heterocycles. The van der Waals surface area contributed by atoms with Gasteiger partial charge in [0.1, 0.15) is 5.75 Å². The Bertz CT molecular complexity index is 465. The van der Waals surface area contributed by atoms with Crippen LogP contribution in [0.1, 0.15) is 48.0 Å². The number of carbonyl (C=O) groups is 1. The number of aromatic hydroxyl groups is 1. The van der Waals surface area contributed by atoms with Crippen LogP contribution in [0.5, 0.6) is 5.75 Å². The number of amides is 1. The molecule has 4 nitrogen and oxygen atoms in total. The first-order valence-corrected chi connectivity index (χ1v) is 6.88. The molecule has 0 radical (unpaired) electrons. The Kier molecular flexibility index (Phi) is 4.10. The second kappa shape index (κ2) is 5.61. The summed E-state index contributed by atoms with van der Waals surface area (Å²) in [5.74, 6) is 0.000688. The zero-order valence-electron chi connectivity index (χ0n) is 11.4. The molecule has 4 heteroatoms. The van der Waals surface area contributed by atoms with Gasteiger partial charge in [0.2, 0.25) is 0 Å². The van der Waals surface area contributed by atoms with Crippen molar-refractivity contribution in [2.45, 2.75) is 44.6 Å². The second-order valence-corrected chi connectivity index (χ2v) is 5.50. The first kappa shape index (κ1) is 13.9. The highest BCUT2D eigenvalue weighted by Crippen LogP contribution is 2.28. The van der Waals surface area contributed by atoms with Crippen LogP contribution in [0.3, 0.4) is 0 Å². The van der Waals surface area contributed by atoms with E-state index in [0.717, 1.165) is 31.2 Å². The molecule has 0 atom stereocenters. The van der Waals surface area contributed by atoms with Gasteiger partial charge < -0.3 is 16.2 Å². The number of phenols is 1. The molecular weight excluding hydrogens is 240 g/mol. The van der Waals surface area contributed by atoms with Crippen molar-refractivity contribution in [2.75, 3.05) is 6.54 Å². The summed E-state index contributed by atoms with van der Waals surface area (Å²) in [6.45, 7) is 2.27. The van der Waals surface area contributed by atoms with E-state index in [1.54, 1.807) is 19.1 Å². The first-order valence-electron chi connectivity index (χ1n) is 6.88. The van der Waals surface area contributed by atoms with Gasteiger partial charge in [-0.25, -0.2) is 0 Å². The number of phenolic OH excluding ortho intramolecular Hbond substituents is 1. The van der Waals surface area contributed by atoms with Crippen molar-refractivity contribution >= 4 is 5.91 Å². The predicted octanol–water partition coefficient (Wildman–Crippen LogP) is 2.09. The molecule has 0 spiro atoms. The number of benzene rings is 1. The summed E-state index contributed by atoms with van der Waals surface area (Å²) in [4.78, 5) is 12.3. The lowest BCUT2D eigenvalue weighted by molar-refractivity contribution is 0.0874. The molecule has 1 saturated carbocycles. The molecule has 0 aromatic heterocycles. The van der Waals surface area contributed by atoms with Crippen LogP contribution in [0.4, 0.5) is 0 Å². The van der Waals surface area contributed by atoms with E-state index in [9.17, 15) is 9.90 Å². The molecule has 2 rings (SSSR count). The van der Waals surface area contributed by atoms with E-state index < -0.39 is 0 Å². The van der Waals surface area contributed by atoms with Crippen molar-refractivity contribution in [3.8, 4) is 5.75 Å². The van der Waals surface area contributed by atoms with E-state index in [2.05, 4.69) is 5.32 Å². The Morgan fingerprint density at radius 3 is 2.63 bits per heavy atom. The fourth-order valence-corrected chi connectivity index (χ4v) is 2.67. The predicted molar refractivity (Wildman–Crippen MR) is 75.2 cm³/mol. The maximum atomic E-state index is 12.3. The van der Waals surface area contributed by atoms with Gasteiger partial charge in [0.15, 0.2) is 0 Å². The molecule has 0 aliphatic heterocycles. The zero-order valence-corrected chi connectivity index (χ0v) is 11.4. The van der Waals surface area contributed by atoms with E-state index in [4.69, 9.17) is 5.73 Å². The van der Waals surface area contributed by atoms with E-state index in [1.807, 2.05) is 0 Å². The Labute approximate surface area is 114 Å². The number of nitrogens with one attached hydrogen (secondary N) is 1. The van der Waals surface area contributed by atoms with Crippen LogP contribution in [0.15, 0.2) is 18.2 Å². The van der Waals surface area contributed by atoms with Crippen LogP contribution in [0, 0.1) is 6.92 Å². The largest absolute Gasteiger partial charge is 0.508 e. The van der Waals surface area contributed by atoms with Crippen LogP contribution in [-0.2, 0) is 0 Å². The van der Waals surface area contributed by atoms with Gasteiger partial charge in [0.05, 0.1) is 5.54 Å². The molecule has 0 unspecified atom stereocenters. The van der Waals surface area contributed by atoms with Gasteiger partial charge in [-0.05, 0) is 37.5 Å². The summed E-state index contributed by atoms with van der Waals surface area (Å²) in [5.41, 5.74) is 6.84. The molecule has 1 aliphatic rings. The Morgan fingerprint density at radius 2 is 2.05 bits per heavy atom. The van der Waals surface area contributed by atoms with E-state index in [-0.39, 0.29) is 17.2 Å².